The Balaban J connectivity index is 2.08. The van der Waals surface area contributed by atoms with E-state index in [1.165, 1.54) is 11.8 Å². The zero-order valence-corrected chi connectivity index (χ0v) is 18.5. The molecule has 0 amide bonds. The van der Waals surface area contributed by atoms with Crippen molar-refractivity contribution in [2.24, 2.45) is 0 Å². The van der Waals surface area contributed by atoms with Crippen LogP contribution >= 0.6 is 11.8 Å². The lowest BCUT2D eigenvalue weighted by atomic mass is 9.87. The molecular formula is C21H26N2O3S2. The molecule has 1 N–H and O–H groups in total. The van der Waals surface area contributed by atoms with E-state index >= 15 is 0 Å². The van der Waals surface area contributed by atoms with Gasteiger partial charge in [0.25, 0.3) is 0 Å². The highest BCUT2D eigenvalue weighted by Gasteiger charge is 2.22. The topological polar surface area (TPSA) is 91.0 Å². The molecule has 1 unspecified atom stereocenters. The molecule has 28 heavy (non-hydrogen) atoms. The lowest BCUT2D eigenvalue weighted by molar-refractivity contribution is 0.222. The summed E-state index contributed by atoms with van der Waals surface area (Å²) in [7, 11) is -3.61. The van der Waals surface area contributed by atoms with E-state index in [0.717, 1.165) is 16.8 Å². The number of benzene rings is 1. The second-order valence-corrected chi connectivity index (χ2v) is 10.9. The van der Waals surface area contributed by atoms with Gasteiger partial charge in [0.2, 0.25) is 0 Å². The minimum atomic E-state index is -3.61. The average Bonchev–Trinajstić information content (AvgIpc) is 2.58. The molecule has 7 heteroatoms. The van der Waals surface area contributed by atoms with Crippen molar-refractivity contribution in [3.63, 3.8) is 0 Å². The Hall–Kier alpha value is -1.88. The van der Waals surface area contributed by atoms with Crippen LogP contribution in [0.4, 0.5) is 0 Å². The number of nitriles is 1. The second kappa shape index (κ2) is 8.64. The molecule has 1 aromatic carbocycles. The molecule has 0 fully saturated rings. The largest absolute Gasteiger partial charge is 0.391 e. The third-order valence-electron chi connectivity index (χ3n) is 4.33. The summed E-state index contributed by atoms with van der Waals surface area (Å²) in [5.74, 6) is -0.231. The van der Waals surface area contributed by atoms with E-state index < -0.39 is 15.9 Å². The molecule has 0 radical (unpaired) electrons. The Bertz CT molecular complexity index is 986. The zero-order valence-electron chi connectivity index (χ0n) is 16.9. The van der Waals surface area contributed by atoms with Gasteiger partial charge in [-0.25, -0.2) is 13.4 Å². The number of hydrogen-bond donors (Lipinski definition) is 1. The number of hydrogen-bond acceptors (Lipinski definition) is 6. The molecule has 0 saturated heterocycles. The number of aliphatic hydroxyl groups is 1. The van der Waals surface area contributed by atoms with Gasteiger partial charge in [0.05, 0.1) is 22.3 Å². The van der Waals surface area contributed by atoms with Crippen molar-refractivity contribution in [2.75, 3.05) is 11.5 Å². The van der Waals surface area contributed by atoms with Crippen LogP contribution in [0, 0.1) is 25.2 Å². The van der Waals surface area contributed by atoms with E-state index in [2.05, 4.69) is 31.8 Å². The summed E-state index contributed by atoms with van der Waals surface area (Å²) in [5, 5.41) is 20.1. The predicted molar refractivity (Wildman–Crippen MR) is 112 cm³/mol. The highest BCUT2D eigenvalue weighted by Crippen LogP contribution is 2.26. The number of aromatic nitrogens is 1. The second-order valence-electron chi connectivity index (χ2n) is 7.89. The van der Waals surface area contributed by atoms with Crippen LogP contribution in [0.5, 0.6) is 0 Å². The number of aryl methyl sites for hydroxylation is 2. The Labute approximate surface area is 171 Å². The maximum Gasteiger partial charge on any atom is 0.180 e. The minimum Gasteiger partial charge on any atom is -0.391 e. The SMILES string of the molecule is Cc1cc(C)c(C#N)c(SCC(O)CS(=O)(=O)c2ccc(C(C)(C)C)cc2)n1. The van der Waals surface area contributed by atoms with Crippen LogP contribution in [-0.4, -0.2) is 36.1 Å². The molecule has 1 atom stereocenters. The number of aliphatic hydroxyl groups excluding tert-OH is 1. The molecular weight excluding hydrogens is 392 g/mol. The molecule has 0 saturated carbocycles. The smallest absolute Gasteiger partial charge is 0.180 e. The van der Waals surface area contributed by atoms with Gasteiger partial charge in [-0.05, 0) is 48.6 Å². The molecule has 1 heterocycles. The first kappa shape index (κ1) is 22.4. The molecule has 150 valence electrons. The summed E-state index contributed by atoms with van der Waals surface area (Å²) in [5.41, 5.74) is 3.05. The molecule has 0 bridgehead atoms. The van der Waals surface area contributed by atoms with Crippen LogP contribution in [0.15, 0.2) is 40.3 Å². The average molecular weight is 419 g/mol. The van der Waals surface area contributed by atoms with Crippen molar-refractivity contribution < 1.29 is 13.5 Å². The van der Waals surface area contributed by atoms with Gasteiger partial charge in [-0.15, -0.1) is 11.8 Å². The molecule has 0 spiro atoms. The van der Waals surface area contributed by atoms with E-state index in [4.69, 9.17) is 0 Å². The number of pyridine rings is 1. The van der Waals surface area contributed by atoms with Crippen molar-refractivity contribution in [1.82, 2.24) is 4.98 Å². The molecule has 0 aliphatic heterocycles. The van der Waals surface area contributed by atoms with Gasteiger partial charge in [0.1, 0.15) is 11.1 Å². The molecule has 5 nitrogen and oxygen atoms in total. The predicted octanol–water partition coefficient (Wildman–Crippen LogP) is 3.79. The molecule has 0 aliphatic rings. The third kappa shape index (κ3) is 5.57. The highest BCUT2D eigenvalue weighted by atomic mass is 32.2. The molecule has 2 aromatic rings. The van der Waals surface area contributed by atoms with Gasteiger partial charge >= 0.3 is 0 Å². The Kier molecular flexibility index (Phi) is 6.92. The fourth-order valence-corrected chi connectivity index (χ4v) is 5.32. The standard InChI is InChI=1S/C21H26N2O3S2/c1-14-10-15(2)23-20(19(14)11-22)27-12-17(24)13-28(25,26)18-8-6-16(7-9-18)21(3,4)5/h6-10,17,24H,12-13H2,1-5H3. The van der Waals surface area contributed by atoms with Crippen LogP contribution in [-0.2, 0) is 15.3 Å². The van der Waals surface area contributed by atoms with Gasteiger partial charge < -0.3 is 5.11 Å². The fraction of sp³-hybridized carbons (Fsp3) is 0.429. The summed E-state index contributed by atoms with van der Waals surface area (Å²) >= 11 is 1.20. The summed E-state index contributed by atoms with van der Waals surface area (Å²) < 4.78 is 25.2. The van der Waals surface area contributed by atoms with E-state index in [1.807, 2.05) is 32.0 Å². The van der Waals surface area contributed by atoms with Gasteiger partial charge in [-0.2, -0.15) is 5.26 Å². The number of rotatable bonds is 6. The van der Waals surface area contributed by atoms with Crippen LogP contribution < -0.4 is 0 Å². The van der Waals surface area contributed by atoms with Crippen molar-refractivity contribution >= 4 is 21.6 Å². The lowest BCUT2D eigenvalue weighted by Gasteiger charge is -2.19. The van der Waals surface area contributed by atoms with Crippen molar-refractivity contribution in [3.8, 4) is 6.07 Å². The monoisotopic (exact) mass is 418 g/mol. The first-order valence-electron chi connectivity index (χ1n) is 8.96. The van der Waals surface area contributed by atoms with Crippen LogP contribution in [0.25, 0.3) is 0 Å². The third-order valence-corrected chi connectivity index (χ3v) is 7.26. The van der Waals surface area contributed by atoms with E-state index in [0.29, 0.717) is 10.6 Å². The number of thioether (sulfide) groups is 1. The van der Waals surface area contributed by atoms with Crippen LogP contribution in [0.2, 0.25) is 0 Å². The van der Waals surface area contributed by atoms with Gasteiger partial charge in [-0.3, -0.25) is 0 Å². The summed E-state index contributed by atoms with van der Waals surface area (Å²) in [4.78, 5) is 4.54. The van der Waals surface area contributed by atoms with E-state index in [9.17, 15) is 18.8 Å². The van der Waals surface area contributed by atoms with Crippen molar-refractivity contribution in [3.05, 3.63) is 52.7 Å². The first-order valence-corrected chi connectivity index (χ1v) is 11.6. The highest BCUT2D eigenvalue weighted by molar-refractivity contribution is 7.99. The first-order chi connectivity index (χ1) is 12.9. The Morgan fingerprint density at radius 2 is 1.82 bits per heavy atom. The zero-order chi connectivity index (χ0) is 21.1. The Morgan fingerprint density at radius 1 is 1.21 bits per heavy atom. The normalized spacial score (nSPS) is 13.2. The van der Waals surface area contributed by atoms with Crippen molar-refractivity contribution in [2.45, 2.75) is 56.1 Å². The van der Waals surface area contributed by atoms with Gasteiger partial charge in [-0.1, -0.05) is 32.9 Å². The molecule has 2 rings (SSSR count). The maximum atomic E-state index is 12.6. The molecule has 0 aliphatic carbocycles. The minimum absolute atomic E-state index is 0.0597. The maximum absolute atomic E-state index is 12.6. The van der Waals surface area contributed by atoms with E-state index in [1.54, 1.807) is 12.1 Å². The lowest BCUT2D eigenvalue weighted by Crippen LogP contribution is -2.23. The molecule has 1 aromatic heterocycles. The summed E-state index contributed by atoms with van der Waals surface area (Å²) in [6, 6.07) is 10.8. The van der Waals surface area contributed by atoms with Gasteiger partial charge in [0, 0.05) is 11.4 Å². The fourth-order valence-electron chi connectivity index (χ4n) is 2.78. The number of nitrogens with zero attached hydrogens (tertiary/aromatic N) is 2. The van der Waals surface area contributed by atoms with Crippen LogP contribution in [0.3, 0.4) is 0 Å². The van der Waals surface area contributed by atoms with E-state index in [-0.39, 0.29) is 21.8 Å². The van der Waals surface area contributed by atoms with Crippen LogP contribution in [0.1, 0.15) is 43.2 Å². The number of sulfone groups is 1. The quantitative estimate of drug-likeness (QED) is 0.718. The summed E-state index contributed by atoms with van der Waals surface area (Å²) in [6.45, 7) is 9.86. The van der Waals surface area contributed by atoms with Crippen molar-refractivity contribution in [1.29, 1.82) is 5.26 Å². The summed E-state index contributed by atoms with van der Waals surface area (Å²) in [6.07, 6.45) is -1.06. The van der Waals surface area contributed by atoms with Gasteiger partial charge in [0.15, 0.2) is 9.84 Å². The Morgan fingerprint density at radius 3 is 2.36 bits per heavy atom.